The number of nitrogens with two attached hydrogens (primary N) is 1. The molecule has 0 spiro atoms. The third-order valence-electron chi connectivity index (χ3n) is 1.51. The van der Waals surface area contributed by atoms with Gasteiger partial charge in [0, 0.05) is 12.1 Å². The van der Waals surface area contributed by atoms with Crippen LogP contribution in [0.25, 0.3) is 0 Å². The standard InChI is InChI=1S/C8H5BrF5NO2/c9-3-1-6(17-8(12,13)14)4(15)2-5(3)16-7(10)11/h1-2,7H,15H2. The number of hydrogen-bond donors (Lipinski definition) is 1. The van der Waals surface area contributed by atoms with E-state index in [9.17, 15) is 22.0 Å². The Morgan fingerprint density at radius 2 is 1.76 bits per heavy atom. The number of nitrogen functional groups attached to an aromatic ring is 1. The zero-order chi connectivity index (χ0) is 13.2. The summed E-state index contributed by atoms with van der Waals surface area (Å²) in [7, 11) is 0. The molecule has 0 aliphatic rings. The van der Waals surface area contributed by atoms with Gasteiger partial charge in [-0.05, 0) is 15.9 Å². The van der Waals surface area contributed by atoms with Gasteiger partial charge in [0.2, 0.25) is 0 Å². The van der Waals surface area contributed by atoms with Crippen LogP contribution in [0.3, 0.4) is 0 Å². The van der Waals surface area contributed by atoms with Gasteiger partial charge in [-0.15, -0.1) is 13.2 Å². The largest absolute Gasteiger partial charge is 0.573 e. The van der Waals surface area contributed by atoms with Gasteiger partial charge >= 0.3 is 13.0 Å². The van der Waals surface area contributed by atoms with E-state index in [-0.39, 0.29) is 10.2 Å². The van der Waals surface area contributed by atoms with Crippen molar-refractivity contribution in [3.63, 3.8) is 0 Å². The Bertz CT molecular complexity index is 410. The Morgan fingerprint density at radius 1 is 1.18 bits per heavy atom. The minimum absolute atomic E-state index is 0.133. The molecule has 0 aromatic heterocycles. The van der Waals surface area contributed by atoms with Crippen LogP contribution in [-0.4, -0.2) is 13.0 Å². The second-order valence-corrected chi connectivity index (χ2v) is 3.60. The fraction of sp³-hybridized carbons (Fsp3) is 0.250. The molecule has 3 nitrogen and oxygen atoms in total. The topological polar surface area (TPSA) is 44.5 Å². The Morgan fingerprint density at radius 3 is 2.24 bits per heavy atom. The molecule has 2 N–H and O–H groups in total. The number of alkyl halides is 5. The summed E-state index contributed by atoms with van der Waals surface area (Å²) in [6.45, 7) is -3.11. The average molecular weight is 322 g/mol. The number of anilines is 1. The number of ether oxygens (including phenoxy) is 2. The maximum atomic E-state index is 11.9. The lowest BCUT2D eigenvalue weighted by Crippen LogP contribution is -2.18. The fourth-order valence-electron chi connectivity index (χ4n) is 0.950. The second kappa shape index (κ2) is 4.94. The van der Waals surface area contributed by atoms with Crippen LogP contribution in [0.5, 0.6) is 11.5 Å². The summed E-state index contributed by atoms with van der Waals surface area (Å²) in [6, 6.07) is 1.60. The molecule has 1 aromatic rings. The Kier molecular flexibility index (Phi) is 4.02. The smallest absolute Gasteiger partial charge is 0.434 e. The first kappa shape index (κ1) is 13.8. The highest BCUT2D eigenvalue weighted by Gasteiger charge is 2.32. The van der Waals surface area contributed by atoms with Crippen LogP contribution in [0.15, 0.2) is 16.6 Å². The minimum atomic E-state index is -4.92. The minimum Gasteiger partial charge on any atom is -0.434 e. The van der Waals surface area contributed by atoms with Gasteiger partial charge in [-0.1, -0.05) is 0 Å². The van der Waals surface area contributed by atoms with Crippen LogP contribution in [0.2, 0.25) is 0 Å². The zero-order valence-electron chi connectivity index (χ0n) is 7.89. The van der Waals surface area contributed by atoms with E-state index in [1.807, 2.05) is 0 Å². The highest BCUT2D eigenvalue weighted by atomic mass is 79.9. The van der Waals surface area contributed by atoms with Crippen molar-refractivity contribution in [1.29, 1.82) is 0 Å². The number of hydrogen-bond acceptors (Lipinski definition) is 3. The number of halogens is 6. The van der Waals surface area contributed by atoms with Gasteiger partial charge in [-0.25, -0.2) is 0 Å². The van der Waals surface area contributed by atoms with Crippen LogP contribution >= 0.6 is 15.9 Å². The monoisotopic (exact) mass is 321 g/mol. The summed E-state index contributed by atoms with van der Waals surface area (Å²) in [5.41, 5.74) is 4.73. The molecule has 17 heavy (non-hydrogen) atoms. The Labute approximate surface area is 100 Å². The highest BCUT2D eigenvalue weighted by Crippen LogP contribution is 2.37. The number of rotatable bonds is 3. The molecule has 0 aliphatic heterocycles. The van der Waals surface area contributed by atoms with E-state index in [0.29, 0.717) is 0 Å². The molecular formula is C8H5BrF5NO2. The first-order valence-electron chi connectivity index (χ1n) is 3.98. The average Bonchev–Trinajstić information content (AvgIpc) is 2.10. The number of benzene rings is 1. The molecule has 0 saturated carbocycles. The molecule has 0 atom stereocenters. The SMILES string of the molecule is Nc1cc(OC(F)F)c(Br)cc1OC(F)(F)F. The van der Waals surface area contributed by atoms with Gasteiger partial charge in [-0.2, -0.15) is 8.78 Å². The molecule has 1 rings (SSSR count). The lowest BCUT2D eigenvalue weighted by Gasteiger charge is -2.13. The fourth-order valence-corrected chi connectivity index (χ4v) is 1.37. The first-order valence-corrected chi connectivity index (χ1v) is 4.78. The predicted octanol–water partition coefficient (Wildman–Crippen LogP) is 3.53. The lowest BCUT2D eigenvalue weighted by atomic mass is 10.3. The molecule has 1 aromatic carbocycles. The van der Waals surface area contributed by atoms with Crippen LogP contribution in [0, 0.1) is 0 Å². The summed E-state index contributed by atoms with van der Waals surface area (Å²) in [5, 5.41) is 0. The normalized spacial score (nSPS) is 11.7. The van der Waals surface area contributed by atoms with E-state index in [1.54, 1.807) is 0 Å². The van der Waals surface area contributed by atoms with E-state index in [2.05, 4.69) is 25.4 Å². The van der Waals surface area contributed by atoms with Crippen molar-refractivity contribution < 1.29 is 31.4 Å². The summed E-state index contributed by atoms with van der Waals surface area (Å²) < 4.78 is 67.0. The van der Waals surface area contributed by atoms with Crippen molar-refractivity contribution in [2.75, 3.05) is 5.73 Å². The molecule has 0 aliphatic carbocycles. The lowest BCUT2D eigenvalue weighted by molar-refractivity contribution is -0.274. The molecule has 0 fully saturated rings. The quantitative estimate of drug-likeness (QED) is 0.684. The summed E-state index contributed by atoms with van der Waals surface area (Å²) >= 11 is 2.76. The summed E-state index contributed by atoms with van der Waals surface area (Å²) in [4.78, 5) is 0. The van der Waals surface area contributed by atoms with Crippen molar-refractivity contribution >= 4 is 21.6 Å². The van der Waals surface area contributed by atoms with E-state index in [1.165, 1.54) is 0 Å². The van der Waals surface area contributed by atoms with Gasteiger partial charge in [-0.3, -0.25) is 0 Å². The van der Waals surface area contributed by atoms with Crippen molar-refractivity contribution in [2.45, 2.75) is 13.0 Å². The zero-order valence-corrected chi connectivity index (χ0v) is 9.48. The summed E-state index contributed by atoms with van der Waals surface area (Å²) in [6.07, 6.45) is -4.92. The van der Waals surface area contributed by atoms with Crippen molar-refractivity contribution in [3.05, 3.63) is 16.6 Å². The maximum absolute atomic E-state index is 11.9. The van der Waals surface area contributed by atoms with Crippen molar-refractivity contribution in [1.82, 2.24) is 0 Å². The second-order valence-electron chi connectivity index (χ2n) is 2.75. The highest BCUT2D eigenvalue weighted by molar-refractivity contribution is 9.10. The van der Waals surface area contributed by atoms with Gasteiger partial charge in [0.1, 0.15) is 5.75 Å². The van der Waals surface area contributed by atoms with Gasteiger partial charge in [0.15, 0.2) is 5.75 Å². The molecule has 0 radical (unpaired) electrons. The molecular weight excluding hydrogens is 317 g/mol. The molecule has 0 amide bonds. The van der Waals surface area contributed by atoms with Crippen LogP contribution in [-0.2, 0) is 0 Å². The van der Waals surface area contributed by atoms with Crippen molar-refractivity contribution in [2.24, 2.45) is 0 Å². The third-order valence-corrected chi connectivity index (χ3v) is 2.13. The van der Waals surface area contributed by atoms with Gasteiger partial charge in [0.05, 0.1) is 10.2 Å². The molecule has 0 saturated heterocycles. The van der Waals surface area contributed by atoms with Crippen LogP contribution in [0.1, 0.15) is 0 Å². The van der Waals surface area contributed by atoms with Crippen LogP contribution < -0.4 is 15.2 Å². The predicted molar refractivity (Wildman–Crippen MR) is 51.9 cm³/mol. The van der Waals surface area contributed by atoms with Gasteiger partial charge < -0.3 is 15.2 Å². The Hall–Kier alpha value is -1.25. The van der Waals surface area contributed by atoms with E-state index in [4.69, 9.17) is 5.73 Å². The van der Waals surface area contributed by atoms with Gasteiger partial charge in [0.25, 0.3) is 0 Å². The van der Waals surface area contributed by atoms with E-state index < -0.39 is 24.4 Å². The third kappa shape index (κ3) is 4.25. The molecule has 0 unspecified atom stereocenters. The maximum Gasteiger partial charge on any atom is 0.573 e. The molecule has 0 bridgehead atoms. The molecule has 96 valence electrons. The summed E-state index contributed by atoms with van der Waals surface area (Å²) in [5.74, 6) is -1.09. The van der Waals surface area contributed by atoms with Crippen molar-refractivity contribution in [3.8, 4) is 11.5 Å². The molecule has 0 heterocycles. The van der Waals surface area contributed by atoms with E-state index in [0.717, 1.165) is 12.1 Å². The first-order chi connectivity index (χ1) is 7.69. The van der Waals surface area contributed by atoms with E-state index >= 15 is 0 Å². The molecule has 9 heteroatoms. The van der Waals surface area contributed by atoms with Crippen LogP contribution in [0.4, 0.5) is 27.6 Å². The Balaban J connectivity index is 3.01.